The number of ether oxygens (including phenoxy) is 1. The zero-order valence-electron chi connectivity index (χ0n) is 26.0. The number of esters is 1. The van der Waals surface area contributed by atoms with Crippen molar-refractivity contribution in [3.05, 3.63) is 102 Å². The monoisotopic (exact) mass is 689 g/mol. The van der Waals surface area contributed by atoms with Crippen LogP contribution in [0, 0.1) is 11.8 Å². The summed E-state index contributed by atoms with van der Waals surface area (Å²) in [6.07, 6.45) is -4.99. The summed E-state index contributed by atoms with van der Waals surface area (Å²) in [6.45, 7) is 1.79. The van der Waals surface area contributed by atoms with Crippen LogP contribution >= 0.6 is 0 Å². The Bertz CT molecular complexity index is 1730. The van der Waals surface area contributed by atoms with Crippen LogP contribution in [-0.4, -0.2) is 84.4 Å². The lowest BCUT2D eigenvalue weighted by Crippen LogP contribution is -2.59. The summed E-state index contributed by atoms with van der Waals surface area (Å²) in [5.74, 6) is -6.38. The molecule has 2 aliphatic heterocycles. The van der Waals surface area contributed by atoms with Crippen LogP contribution in [0.5, 0.6) is 0 Å². The average Bonchev–Trinajstić information content (AvgIpc) is 3.52. The van der Waals surface area contributed by atoms with Gasteiger partial charge in [-0.05, 0) is 23.3 Å². The van der Waals surface area contributed by atoms with E-state index >= 15 is 0 Å². The second-order valence-corrected chi connectivity index (χ2v) is 13.1. The predicted octanol–water partition coefficient (Wildman–Crippen LogP) is 3.26. The number of nitrogens with zero attached hydrogens (tertiary/aromatic N) is 2. The summed E-state index contributed by atoms with van der Waals surface area (Å²) in [6, 6.07) is 25.6. The maximum atomic E-state index is 14.1. The SMILES string of the molecule is CCN(C[C@H]1N[C@@](Cc2ccccc2)(C(=O)OC)[C@H]2C(=O)N(Cc3ccccc3)C(=O)[C@@H]12)S(=O)(=O)c1ccccc1.O=C(O)C(F)(F)F. The Hall–Kier alpha value is -4.60. The van der Waals surface area contributed by atoms with E-state index in [4.69, 9.17) is 14.6 Å². The number of aliphatic carboxylic acids is 1. The second-order valence-electron chi connectivity index (χ2n) is 11.2. The van der Waals surface area contributed by atoms with Gasteiger partial charge in [-0.15, -0.1) is 0 Å². The molecule has 0 saturated carbocycles. The number of halogens is 3. The first-order valence-corrected chi connectivity index (χ1v) is 16.3. The van der Waals surface area contributed by atoms with Crippen LogP contribution in [0.1, 0.15) is 18.1 Å². The molecule has 48 heavy (non-hydrogen) atoms. The van der Waals surface area contributed by atoms with Gasteiger partial charge in [-0.3, -0.25) is 24.6 Å². The molecular weight excluding hydrogens is 655 g/mol. The maximum absolute atomic E-state index is 14.1. The van der Waals surface area contributed by atoms with Gasteiger partial charge >= 0.3 is 18.1 Å². The fraction of sp³-hybridized carbons (Fsp3) is 0.333. The number of amides is 2. The van der Waals surface area contributed by atoms with Gasteiger partial charge in [-0.25, -0.2) is 13.2 Å². The quantitative estimate of drug-likeness (QED) is 0.242. The van der Waals surface area contributed by atoms with E-state index in [0.29, 0.717) is 0 Å². The molecule has 15 heteroatoms. The Morgan fingerprint density at radius 3 is 1.90 bits per heavy atom. The zero-order valence-corrected chi connectivity index (χ0v) is 26.8. The van der Waals surface area contributed by atoms with Crippen molar-refractivity contribution < 1.29 is 50.6 Å². The standard InChI is InChI=1S/C31H33N3O6S.C2HF3O2/c1-3-33(41(38,39)24-17-11-6-12-18-24)21-25-26-27(29(36)34(28(26)35)20-23-15-9-5-10-16-23)31(32-25,30(37)40-2)19-22-13-7-4-8-14-22;3-2(4,5)1(6)7/h4-18,25-27,32H,3,19-21H2,1-2H3;(H,6,7)/t25-,26+,27-,31-;/m1./s1. The van der Waals surface area contributed by atoms with Gasteiger partial charge in [0.1, 0.15) is 5.54 Å². The number of likely N-dealkylation sites (tertiary alicyclic amines) is 1. The molecule has 2 saturated heterocycles. The van der Waals surface area contributed by atoms with E-state index in [1.54, 1.807) is 25.1 Å². The smallest absolute Gasteiger partial charge is 0.475 e. The molecule has 256 valence electrons. The van der Waals surface area contributed by atoms with Gasteiger partial charge in [0.25, 0.3) is 0 Å². The first kappa shape index (κ1) is 36.2. The highest BCUT2D eigenvalue weighted by molar-refractivity contribution is 7.89. The Morgan fingerprint density at radius 2 is 1.42 bits per heavy atom. The number of rotatable bonds is 10. The molecule has 2 amide bonds. The van der Waals surface area contributed by atoms with E-state index in [1.807, 2.05) is 60.7 Å². The summed E-state index contributed by atoms with van der Waals surface area (Å²) in [4.78, 5) is 51.9. The molecule has 11 nitrogen and oxygen atoms in total. The molecule has 0 aromatic heterocycles. The summed E-state index contributed by atoms with van der Waals surface area (Å²) in [7, 11) is -2.66. The van der Waals surface area contributed by atoms with Crippen LogP contribution in [-0.2, 0) is 46.9 Å². The molecule has 0 aliphatic carbocycles. The number of carboxylic acids is 1. The number of hydrogen-bond acceptors (Lipinski definition) is 8. The first-order valence-electron chi connectivity index (χ1n) is 14.8. The maximum Gasteiger partial charge on any atom is 0.490 e. The molecule has 4 atom stereocenters. The summed E-state index contributed by atoms with van der Waals surface area (Å²) < 4.78 is 65.4. The van der Waals surface area contributed by atoms with Crippen LogP contribution in [0.2, 0.25) is 0 Å². The van der Waals surface area contributed by atoms with Crippen LogP contribution in [0.4, 0.5) is 13.2 Å². The topological polar surface area (TPSA) is 150 Å². The summed E-state index contributed by atoms with van der Waals surface area (Å²) >= 11 is 0. The van der Waals surface area contributed by atoms with Crippen molar-refractivity contribution in [1.82, 2.24) is 14.5 Å². The Kier molecular flexibility index (Phi) is 11.1. The number of benzene rings is 3. The lowest BCUT2D eigenvalue weighted by molar-refractivity contribution is -0.192. The Balaban J connectivity index is 0.000000671. The van der Waals surface area contributed by atoms with Gasteiger partial charge in [-0.1, -0.05) is 85.8 Å². The summed E-state index contributed by atoms with van der Waals surface area (Å²) in [5.41, 5.74) is -0.0254. The average molecular weight is 690 g/mol. The lowest BCUT2D eigenvalue weighted by Gasteiger charge is -2.33. The van der Waals surface area contributed by atoms with E-state index in [0.717, 1.165) is 11.1 Å². The molecular formula is C33H34F3N3O8S. The van der Waals surface area contributed by atoms with Crippen molar-refractivity contribution in [3.8, 4) is 0 Å². The zero-order chi connectivity index (χ0) is 35.3. The van der Waals surface area contributed by atoms with Crippen LogP contribution < -0.4 is 5.32 Å². The van der Waals surface area contributed by atoms with Gasteiger partial charge < -0.3 is 9.84 Å². The number of carboxylic acid groups (broad SMARTS) is 1. The number of likely N-dealkylation sites (N-methyl/N-ethyl adjacent to an activating group) is 1. The molecule has 0 radical (unpaired) electrons. The van der Waals surface area contributed by atoms with E-state index < -0.39 is 63.4 Å². The number of sulfonamides is 1. The number of carbonyl (C=O) groups excluding carboxylic acids is 3. The molecule has 5 rings (SSSR count). The van der Waals surface area contributed by atoms with Crippen LogP contribution in [0.25, 0.3) is 0 Å². The minimum Gasteiger partial charge on any atom is -0.475 e. The van der Waals surface area contributed by atoms with Crippen molar-refractivity contribution in [2.45, 2.75) is 42.5 Å². The highest BCUT2D eigenvalue weighted by atomic mass is 32.2. The van der Waals surface area contributed by atoms with Gasteiger partial charge in [0.2, 0.25) is 21.8 Å². The number of alkyl halides is 3. The number of fused-ring (bicyclic) bond motifs is 1. The minimum absolute atomic E-state index is 0.0562. The normalized spacial score (nSPS) is 22.2. The fourth-order valence-corrected chi connectivity index (χ4v) is 7.64. The van der Waals surface area contributed by atoms with Gasteiger partial charge in [0, 0.05) is 25.6 Å². The Morgan fingerprint density at radius 1 is 0.917 bits per heavy atom. The number of hydrogen-bond donors (Lipinski definition) is 2. The van der Waals surface area contributed by atoms with Crippen molar-refractivity contribution in [1.29, 1.82) is 0 Å². The van der Waals surface area contributed by atoms with Crippen molar-refractivity contribution >= 4 is 33.8 Å². The highest BCUT2D eigenvalue weighted by Gasteiger charge is 2.68. The summed E-state index contributed by atoms with van der Waals surface area (Å²) in [5, 5.41) is 10.4. The third kappa shape index (κ3) is 7.42. The molecule has 0 unspecified atom stereocenters. The molecule has 2 fully saturated rings. The lowest BCUT2D eigenvalue weighted by atomic mass is 9.76. The third-order valence-corrected chi connectivity index (χ3v) is 10.2. The fourth-order valence-electron chi connectivity index (χ4n) is 6.14. The van der Waals surface area contributed by atoms with Crippen LogP contribution in [0.15, 0.2) is 95.9 Å². The first-order chi connectivity index (χ1) is 22.7. The van der Waals surface area contributed by atoms with E-state index in [-0.39, 0.29) is 31.0 Å². The number of methoxy groups -OCH3 is 1. The van der Waals surface area contributed by atoms with E-state index in [1.165, 1.54) is 28.4 Å². The van der Waals surface area contributed by atoms with Gasteiger partial charge in [-0.2, -0.15) is 17.5 Å². The van der Waals surface area contributed by atoms with Gasteiger partial charge in [0.05, 0.1) is 30.4 Å². The number of carbonyl (C=O) groups is 4. The third-order valence-electron chi connectivity index (χ3n) is 8.29. The predicted molar refractivity (Wildman–Crippen MR) is 165 cm³/mol. The van der Waals surface area contributed by atoms with Crippen molar-refractivity contribution in [3.63, 3.8) is 0 Å². The highest BCUT2D eigenvalue weighted by Crippen LogP contribution is 2.46. The second kappa shape index (κ2) is 14.7. The molecule has 0 spiro atoms. The van der Waals surface area contributed by atoms with Crippen molar-refractivity contribution in [2.75, 3.05) is 20.2 Å². The Labute approximate surface area is 275 Å². The molecule has 3 aromatic carbocycles. The van der Waals surface area contributed by atoms with E-state index in [2.05, 4.69) is 5.32 Å². The molecule has 2 aliphatic rings. The van der Waals surface area contributed by atoms with E-state index in [9.17, 15) is 36.0 Å². The molecule has 2 N–H and O–H groups in total. The molecule has 2 heterocycles. The van der Waals surface area contributed by atoms with Crippen LogP contribution in [0.3, 0.4) is 0 Å². The number of nitrogens with one attached hydrogen (secondary N) is 1. The van der Waals surface area contributed by atoms with Crippen molar-refractivity contribution in [2.24, 2.45) is 11.8 Å². The number of imide groups is 1. The molecule has 0 bridgehead atoms. The minimum atomic E-state index is -5.08. The van der Waals surface area contributed by atoms with Gasteiger partial charge in [0.15, 0.2) is 0 Å². The largest absolute Gasteiger partial charge is 0.490 e. The molecule has 3 aromatic rings.